The maximum Gasteiger partial charge on any atom is -0.00258 e. The lowest BCUT2D eigenvalue weighted by Gasteiger charge is -2.21. The number of hydrogen-bond donors (Lipinski definition) is 1. The normalized spacial score (nSPS) is 12.0. The second-order valence-electron chi connectivity index (χ2n) is 7.01. The molecule has 0 spiro atoms. The van der Waals surface area contributed by atoms with Crippen molar-refractivity contribution in [1.82, 2.24) is 0 Å². The predicted octanol–water partition coefficient (Wildman–Crippen LogP) is 6.06. The molecule has 0 atom stereocenters. The summed E-state index contributed by atoms with van der Waals surface area (Å²) in [4.78, 5) is 0. The van der Waals surface area contributed by atoms with E-state index in [1.54, 1.807) is 0 Å². The van der Waals surface area contributed by atoms with Crippen LogP contribution in [0.15, 0.2) is 0 Å². The van der Waals surface area contributed by atoms with Gasteiger partial charge in [-0.1, -0.05) is 97.8 Å². The van der Waals surface area contributed by atoms with Crippen LogP contribution in [-0.2, 0) is 0 Å². The molecule has 1 nitrogen and oxygen atoms in total. The van der Waals surface area contributed by atoms with Gasteiger partial charge in [-0.25, -0.2) is 0 Å². The Balaban J connectivity index is 3.07. The maximum atomic E-state index is 5.75. The SMILES string of the molecule is CCCCCCCCCCCCCCC(C)(C)CN. The minimum absolute atomic E-state index is 0.360. The van der Waals surface area contributed by atoms with E-state index in [0.29, 0.717) is 5.41 Å². The zero-order valence-electron chi connectivity index (χ0n) is 14.0. The minimum Gasteiger partial charge on any atom is -0.330 e. The zero-order valence-corrected chi connectivity index (χ0v) is 14.0. The molecule has 0 heterocycles. The first kappa shape index (κ1) is 19.0. The first-order valence-electron chi connectivity index (χ1n) is 8.82. The third kappa shape index (κ3) is 14.2. The van der Waals surface area contributed by atoms with Gasteiger partial charge in [-0.15, -0.1) is 0 Å². The van der Waals surface area contributed by atoms with Crippen molar-refractivity contribution in [3.8, 4) is 0 Å². The van der Waals surface area contributed by atoms with Gasteiger partial charge in [0.25, 0.3) is 0 Å². The third-order valence-electron chi connectivity index (χ3n) is 4.26. The molecule has 1 heteroatoms. The van der Waals surface area contributed by atoms with Crippen LogP contribution in [0.2, 0.25) is 0 Å². The summed E-state index contributed by atoms with van der Waals surface area (Å²) in [6.07, 6.45) is 18.5. The predicted molar refractivity (Wildman–Crippen MR) is 88.5 cm³/mol. The lowest BCUT2D eigenvalue weighted by atomic mass is 9.87. The van der Waals surface area contributed by atoms with Gasteiger partial charge in [-0.2, -0.15) is 0 Å². The Hall–Kier alpha value is -0.0400. The number of nitrogens with two attached hydrogens (primary N) is 1. The fourth-order valence-corrected chi connectivity index (χ4v) is 2.55. The monoisotopic (exact) mass is 269 g/mol. The van der Waals surface area contributed by atoms with Crippen molar-refractivity contribution in [2.45, 2.75) is 104 Å². The Morgan fingerprint density at radius 3 is 1.37 bits per heavy atom. The van der Waals surface area contributed by atoms with Gasteiger partial charge in [0.1, 0.15) is 0 Å². The minimum atomic E-state index is 0.360. The average Bonchev–Trinajstić information content (AvgIpc) is 2.40. The summed E-state index contributed by atoms with van der Waals surface area (Å²) in [6, 6.07) is 0. The summed E-state index contributed by atoms with van der Waals surface area (Å²) in [5.74, 6) is 0. The second kappa shape index (κ2) is 13.0. The van der Waals surface area contributed by atoms with E-state index in [2.05, 4.69) is 20.8 Å². The molecule has 0 amide bonds. The van der Waals surface area contributed by atoms with Crippen LogP contribution >= 0.6 is 0 Å². The van der Waals surface area contributed by atoms with Gasteiger partial charge in [-0.3, -0.25) is 0 Å². The van der Waals surface area contributed by atoms with Gasteiger partial charge in [0.05, 0.1) is 0 Å². The molecule has 0 unspecified atom stereocenters. The van der Waals surface area contributed by atoms with Crippen molar-refractivity contribution < 1.29 is 0 Å². The molecule has 0 aliphatic heterocycles. The van der Waals surface area contributed by atoms with E-state index in [0.717, 1.165) is 6.54 Å². The van der Waals surface area contributed by atoms with Crippen molar-refractivity contribution in [3.05, 3.63) is 0 Å². The molecule has 0 aliphatic rings. The van der Waals surface area contributed by atoms with E-state index >= 15 is 0 Å². The van der Waals surface area contributed by atoms with Gasteiger partial charge in [0.15, 0.2) is 0 Å². The van der Waals surface area contributed by atoms with Crippen molar-refractivity contribution in [2.24, 2.45) is 11.1 Å². The number of unbranched alkanes of at least 4 members (excludes halogenated alkanes) is 11. The number of rotatable bonds is 14. The Kier molecular flexibility index (Phi) is 12.9. The van der Waals surface area contributed by atoms with Crippen LogP contribution in [0.25, 0.3) is 0 Å². The van der Waals surface area contributed by atoms with Gasteiger partial charge in [0, 0.05) is 0 Å². The van der Waals surface area contributed by atoms with E-state index in [4.69, 9.17) is 5.73 Å². The van der Waals surface area contributed by atoms with E-state index in [-0.39, 0.29) is 0 Å². The van der Waals surface area contributed by atoms with Crippen molar-refractivity contribution >= 4 is 0 Å². The molecule has 0 aromatic heterocycles. The van der Waals surface area contributed by atoms with Crippen LogP contribution in [0.4, 0.5) is 0 Å². The second-order valence-corrected chi connectivity index (χ2v) is 7.01. The topological polar surface area (TPSA) is 26.0 Å². The van der Waals surface area contributed by atoms with Crippen LogP contribution in [0.1, 0.15) is 104 Å². The molecule has 0 bridgehead atoms. The summed E-state index contributed by atoms with van der Waals surface area (Å²) in [7, 11) is 0. The molecule has 0 saturated carbocycles. The Morgan fingerprint density at radius 2 is 1.00 bits per heavy atom. The van der Waals surface area contributed by atoms with Gasteiger partial charge >= 0.3 is 0 Å². The Morgan fingerprint density at radius 1 is 0.632 bits per heavy atom. The summed E-state index contributed by atoms with van der Waals surface area (Å²) in [6.45, 7) is 7.68. The molecular formula is C18H39N. The lowest BCUT2D eigenvalue weighted by Crippen LogP contribution is -2.23. The molecule has 0 rings (SSSR count). The molecule has 19 heavy (non-hydrogen) atoms. The van der Waals surface area contributed by atoms with Crippen LogP contribution < -0.4 is 5.73 Å². The molecule has 2 N–H and O–H groups in total. The number of hydrogen-bond acceptors (Lipinski definition) is 1. The van der Waals surface area contributed by atoms with Gasteiger partial charge < -0.3 is 5.73 Å². The summed E-state index contributed by atoms with van der Waals surface area (Å²) in [5.41, 5.74) is 6.11. The molecule has 0 aromatic rings. The van der Waals surface area contributed by atoms with Crippen LogP contribution in [0.3, 0.4) is 0 Å². The van der Waals surface area contributed by atoms with Crippen LogP contribution in [-0.4, -0.2) is 6.54 Å². The van der Waals surface area contributed by atoms with E-state index < -0.39 is 0 Å². The first-order chi connectivity index (χ1) is 9.12. The van der Waals surface area contributed by atoms with Crippen LogP contribution in [0, 0.1) is 5.41 Å². The average molecular weight is 270 g/mol. The fourth-order valence-electron chi connectivity index (χ4n) is 2.55. The smallest absolute Gasteiger partial charge is 0.00258 e. The molecule has 116 valence electrons. The highest BCUT2D eigenvalue weighted by atomic mass is 14.6. The van der Waals surface area contributed by atoms with Crippen molar-refractivity contribution in [1.29, 1.82) is 0 Å². The van der Waals surface area contributed by atoms with E-state index in [9.17, 15) is 0 Å². The van der Waals surface area contributed by atoms with E-state index in [1.807, 2.05) is 0 Å². The van der Waals surface area contributed by atoms with Crippen molar-refractivity contribution in [3.63, 3.8) is 0 Å². The Labute approximate surface area is 122 Å². The maximum absolute atomic E-state index is 5.75. The highest BCUT2D eigenvalue weighted by molar-refractivity contribution is 4.68. The van der Waals surface area contributed by atoms with Gasteiger partial charge in [-0.05, 0) is 18.4 Å². The standard InChI is InChI=1S/C18H39N/c1-4-5-6-7-8-9-10-11-12-13-14-15-16-18(2,3)17-19/h4-17,19H2,1-3H3. The van der Waals surface area contributed by atoms with E-state index in [1.165, 1.54) is 83.5 Å². The summed E-state index contributed by atoms with van der Waals surface area (Å²) < 4.78 is 0. The Bertz CT molecular complexity index is 175. The molecule has 0 fully saturated rings. The molecular weight excluding hydrogens is 230 g/mol. The van der Waals surface area contributed by atoms with Crippen molar-refractivity contribution in [2.75, 3.05) is 6.54 Å². The van der Waals surface area contributed by atoms with Gasteiger partial charge in [0.2, 0.25) is 0 Å². The quantitative estimate of drug-likeness (QED) is 0.381. The molecule has 0 aromatic carbocycles. The molecule has 0 radical (unpaired) electrons. The highest BCUT2D eigenvalue weighted by Crippen LogP contribution is 2.22. The largest absolute Gasteiger partial charge is 0.330 e. The molecule has 0 aliphatic carbocycles. The first-order valence-corrected chi connectivity index (χ1v) is 8.82. The lowest BCUT2D eigenvalue weighted by molar-refractivity contribution is 0.330. The summed E-state index contributed by atoms with van der Waals surface area (Å²) in [5, 5.41) is 0. The van der Waals surface area contributed by atoms with Crippen LogP contribution in [0.5, 0.6) is 0 Å². The molecule has 0 saturated heterocycles. The highest BCUT2D eigenvalue weighted by Gasteiger charge is 2.13. The third-order valence-corrected chi connectivity index (χ3v) is 4.26. The summed E-state index contributed by atoms with van der Waals surface area (Å²) >= 11 is 0. The zero-order chi connectivity index (χ0) is 14.4. The fraction of sp³-hybridized carbons (Fsp3) is 1.00.